The molecule has 3 heterocycles. The summed E-state index contributed by atoms with van der Waals surface area (Å²) < 4.78 is 0. The van der Waals surface area contributed by atoms with Crippen LogP contribution in [0.25, 0.3) is 0 Å². The van der Waals surface area contributed by atoms with Gasteiger partial charge in [-0.1, -0.05) is 6.07 Å². The molecule has 2 aromatic rings. The molecular weight excluding hydrogens is 266 g/mol. The van der Waals surface area contributed by atoms with Crippen molar-refractivity contribution in [2.24, 2.45) is 0 Å². The number of aryl methyl sites for hydroxylation is 1. The van der Waals surface area contributed by atoms with Crippen molar-refractivity contribution < 1.29 is 4.79 Å². The number of carbonyl (C=O) groups is 1. The number of nitrogens with zero attached hydrogens (tertiary/aromatic N) is 4. The monoisotopic (exact) mass is 283 g/mol. The summed E-state index contributed by atoms with van der Waals surface area (Å²) >= 11 is 0. The number of pyridine rings is 1. The van der Waals surface area contributed by atoms with E-state index in [-0.39, 0.29) is 5.91 Å². The number of amides is 1. The minimum Gasteiger partial charge on any atom is -0.355 e. The van der Waals surface area contributed by atoms with Gasteiger partial charge in [-0.2, -0.15) is 0 Å². The summed E-state index contributed by atoms with van der Waals surface area (Å²) in [4.78, 5) is 18.4. The second kappa shape index (κ2) is 5.87. The zero-order chi connectivity index (χ0) is 14.7. The largest absolute Gasteiger partial charge is 0.355 e. The second-order valence-corrected chi connectivity index (χ2v) is 5.15. The standard InChI is InChI=1S/C15H17N5O/c1-11-4-6-13(16-10-11)17-15(21)12-5-7-14(19-18-12)20-8-2-3-9-20/h4-7,10H,2-3,8-9H2,1H3,(H,16,17,21). The Labute approximate surface area is 123 Å². The Bertz CT molecular complexity index is 618. The fourth-order valence-electron chi connectivity index (χ4n) is 2.28. The average Bonchev–Trinajstić information content (AvgIpc) is 3.04. The van der Waals surface area contributed by atoms with Crippen LogP contribution in [0, 0.1) is 6.92 Å². The van der Waals surface area contributed by atoms with E-state index in [0.29, 0.717) is 11.5 Å². The predicted octanol–water partition coefficient (Wildman–Crippen LogP) is 2.03. The Kier molecular flexibility index (Phi) is 3.77. The molecule has 1 saturated heterocycles. The first-order valence-corrected chi connectivity index (χ1v) is 7.05. The Morgan fingerprint density at radius 1 is 1.14 bits per heavy atom. The van der Waals surface area contributed by atoms with E-state index in [9.17, 15) is 4.79 Å². The van der Waals surface area contributed by atoms with E-state index in [1.807, 2.05) is 19.1 Å². The van der Waals surface area contributed by atoms with E-state index in [1.165, 1.54) is 12.8 Å². The van der Waals surface area contributed by atoms with Crippen LogP contribution in [0.2, 0.25) is 0 Å². The highest BCUT2D eigenvalue weighted by molar-refractivity contribution is 6.02. The van der Waals surface area contributed by atoms with Gasteiger partial charge in [0, 0.05) is 19.3 Å². The number of hydrogen-bond donors (Lipinski definition) is 1. The van der Waals surface area contributed by atoms with Crippen LogP contribution >= 0.6 is 0 Å². The zero-order valence-corrected chi connectivity index (χ0v) is 11.9. The highest BCUT2D eigenvalue weighted by Crippen LogP contribution is 2.16. The molecule has 108 valence electrons. The van der Waals surface area contributed by atoms with Gasteiger partial charge in [0.2, 0.25) is 0 Å². The van der Waals surface area contributed by atoms with Gasteiger partial charge >= 0.3 is 0 Å². The molecule has 0 atom stereocenters. The van der Waals surface area contributed by atoms with Crippen LogP contribution in [0.5, 0.6) is 0 Å². The molecule has 0 radical (unpaired) electrons. The molecular formula is C15H17N5O. The van der Waals surface area contributed by atoms with Crippen molar-refractivity contribution in [3.05, 3.63) is 41.7 Å². The van der Waals surface area contributed by atoms with Crippen LogP contribution in [0.1, 0.15) is 28.9 Å². The summed E-state index contributed by atoms with van der Waals surface area (Å²) in [5.74, 6) is 1.04. The normalized spacial score (nSPS) is 14.2. The van der Waals surface area contributed by atoms with Gasteiger partial charge in [-0.15, -0.1) is 10.2 Å². The fourth-order valence-corrected chi connectivity index (χ4v) is 2.28. The van der Waals surface area contributed by atoms with Crippen LogP contribution in [0.15, 0.2) is 30.5 Å². The van der Waals surface area contributed by atoms with Crippen LogP contribution in [0.3, 0.4) is 0 Å². The second-order valence-electron chi connectivity index (χ2n) is 5.15. The zero-order valence-electron chi connectivity index (χ0n) is 11.9. The topological polar surface area (TPSA) is 71.0 Å². The van der Waals surface area contributed by atoms with Gasteiger partial charge in [-0.05, 0) is 43.5 Å². The SMILES string of the molecule is Cc1ccc(NC(=O)c2ccc(N3CCCC3)nn2)nc1. The van der Waals surface area contributed by atoms with Crippen molar-refractivity contribution in [3.63, 3.8) is 0 Å². The molecule has 21 heavy (non-hydrogen) atoms. The highest BCUT2D eigenvalue weighted by Gasteiger charge is 2.15. The molecule has 1 amide bonds. The number of hydrogen-bond acceptors (Lipinski definition) is 5. The number of rotatable bonds is 3. The molecule has 1 aliphatic heterocycles. The Hall–Kier alpha value is -2.50. The number of nitrogens with one attached hydrogen (secondary N) is 1. The van der Waals surface area contributed by atoms with Gasteiger partial charge in [-0.25, -0.2) is 4.98 Å². The summed E-state index contributed by atoms with van der Waals surface area (Å²) in [5, 5.41) is 10.8. The summed E-state index contributed by atoms with van der Waals surface area (Å²) in [7, 11) is 0. The quantitative estimate of drug-likeness (QED) is 0.933. The molecule has 0 unspecified atom stereocenters. The van der Waals surface area contributed by atoms with E-state index < -0.39 is 0 Å². The van der Waals surface area contributed by atoms with E-state index >= 15 is 0 Å². The molecule has 2 aromatic heterocycles. The Balaban J connectivity index is 1.68. The summed E-state index contributed by atoms with van der Waals surface area (Å²) in [5.41, 5.74) is 1.34. The molecule has 1 aliphatic rings. The lowest BCUT2D eigenvalue weighted by atomic mass is 10.3. The lowest BCUT2D eigenvalue weighted by molar-refractivity contribution is 0.102. The van der Waals surface area contributed by atoms with Gasteiger partial charge in [0.05, 0.1) is 0 Å². The summed E-state index contributed by atoms with van der Waals surface area (Å²) in [6.07, 6.45) is 4.07. The highest BCUT2D eigenvalue weighted by atomic mass is 16.2. The van der Waals surface area contributed by atoms with Crippen molar-refractivity contribution in [1.29, 1.82) is 0 Å². The number of carbonyl (C=O) groups excluding carboxylic acids is 1. The van der Waals surface area contributed by atoms with Crippen molar-refractivity contribution >= 4 is 17.5 Å². The lowest BCUT2D eigenvalue weighted by Gasteiger charge is -2.15. The van der Waals surface area contributed by atoms with Crippen LogP contribution in [-0.4, -0.2) is 34.2 Å². The minimum atomic E-state index is -0.299. The van der Waals surface area contributed by atoms with E-state index in [1.54, 1.807) is 18.3 Å². The third-order valence-electron chi connectivity index (χ3n) is 3.47. The van der Waals surface area contributed by atoms with Crippen molar-refractivity contribution in [2.45, 2.75) is 19.8 Å². The lowest BCUT2D eigenvalue weighted by Crippen LogP contribution is -2.21. The molecule has 3 rings (SSSR count). The third kappa shape index (κ3) is 3.16. The van der Waals surface area contributed by atoms with E-state index in [2.05, 4.69) is 25.4 Å². The van der Waals surface area contributed by atoms with Crippen molar-refractivity contribution in [3.8, 4) is 0 Å². The maximum atomic E-state index is 12.1. The van der Waals surface area contributed by atoms with Crippen molar-refractivity contribution in [2.75, 3.05) is 23.3 Å². The maximum absolute atomic E-state index is 12.1. The molecule has 0 bridgehead atoms. The van der Waals surface area contributed by atoms with Crippen LogP contribution < -0.4 is 10.2 Å². The maximum Gasteiger partial charge on any atom is 0.277 e. The molecule has 0 aromatic carbocycles. The van der Waals surface area contributed by atoms with Gasteiger partial charge < -0.3 is 10.2 Å². The first-order valence-electron chi connectivity index (χ1n) is 7.05. The van der Waals surface area contributed by atoms with Crippen LogP contribution in [0.4, 0.5) is 11.6 Å². The molecule has 1 N–H and O–H groups in total. The fraction of sp³-hybridized carbons (Fsp3) is 0.333. The third-order valence-corrected chi connectivity index (χ3v) is 3.47. The molecule has 6 nitrogen and oxygen atoms in total. The number of anilines is 2. The molecule has 6 heteroatoms. The van der Waals surface area contributed by atoms with Gasteiger partial charge in [-0.3, -0.25) is 4.79 Å². The van der Waals surface area contributed by atoms with Gasteiger partial charge in [0.25, 0.3) is 5.91 Å². The first kappa shape index (κ1) is 13.5. The van der Waals surface area contributed by atoms with Gasteiger partial charge in [0.1, 0.15) is 5.82 Å². The van der Waals surface area contributed by atoms with E-state index in [0.717, 1.165) is 24.5 Å². The van der Waals surface area contributed by atoms with Gasteiger partial charge in [0.15, 0.2) is 11.5 Å². The average molecular weight is 283 g/mol. The van der Waals surface area contributed by atoms with E-state index in [4.69, 9.17) is 0 Å². The Morgan fingerprint density at radius 2 is 1.95 bits per heavy atom. The molecule has 0 saturated carbocycles. The summed E-state index contributed by atoms with van der Waals surface area (Å²) in [6, 6.07) is 7.20. The first-order chi connectivity index (χ1) is 10.2. The summed E-state index contributed by atoms with van der Waals surface area (Å²) in [6.45, 7) is 3.96. The van der Waals surface area contributed by atoms with Crippen molar-refractivity contribution in [1.82, 2.24) is 15.2 Å². The van der Waals surface area contributed by atoms with Crippen LogP contribution in [-0.2, 0) is 0 Å². The molecule has 0 spiro atoms. The molecule has 0 aliphatic carbocycles. The molecule has 1 fully saturated rings. The number of aromatic nitrogens is 3. The predicted molar refractivity (Wildman–Crippen MR) is 80.4 cm³/mol. The smallest absolute Gasteiger partial charge is 0.277 e. The Morgan fingerprint density at radius 3 is 2.57 bits per heavy atom. The minimum absolute atomic E-state index is 0.292.